The van der Waals surface area contributed by atoms with Crippen LogP contribution in [-0.4, -0.2) is 42.2 Å². The van der Waals surface area contributed by atoms with Gasteiger partial charge in [0.15, 0.2) is 0 Å². The van der Waals surface area contributed by atoms with E-state index < -0.39 is 0 Å². The highest BCUT2D eigenvalue weighted by molar-refractivity contribution is 6.27. The Morgan fingerprint density at radius 2 is 1.82 bits per heavy atom. The number of amides is 2. The van der Waals surface area contributed by atoms with E-state index in [1.54, 1.807) is 7.05 Å². The summed E-state index contributed by atoms with van der Waals surface area (Å²) < 4.78 is 0. The molecule has 0 unspecified atom stereocenters. The first kappa shape index (κ1) is 14.3. The molecule has 0 aromatic carbocycles. The van der Waals surface area contributed by atoms with Gasteiger partial charge < -0.3 is 10.2 Å². The fourth-order valence-electron chi connectivity index (χ4n) is 2.10. The van der Waals surface area contributed by atoms with E-state index in [1.165, 1.54) is 30.6 Å². The molecule has 0 atom stereocenters. The van der Waals surface area contributed by atoms with Crippen molar-refractivity contribution >= 4 is 23.4 Å². The van der Waals surface area contributed by atoms with Crippen LogP contribution in [-0.2, 0) is 9.59 Å². The normalized spacial score (nSPS) is 17.3. The van der Waals surface area contributed by atoms with Gasteiger partial charge in [-0.25, -0.2) is 0 Å². The van der Waals surface area contributed by atoms with E-state index in [0.717, 1.165) is 12.8 Å². The Kier molecular flexibility index (Phi) is 6.34. The largest absolute Gasteiger partial charge is 0.352 e. The molecule has 0 heterocycles. The zero-order valence-corrected chi connectivity index (χ0v) is 11.1. The minimum absolute atomic E-state index is 0.0762. The molecule has 1 aliphatic rings. The number of carbonyl (C=O) groups excluding carboxylic acids is 2. The Balaban J connectivity index is 2.30. The summed E-state index contributed by atoms with van der Waals surface area (Å²) in [5.74, 6) is -0.381. The number of hydrogen-bond acceptors (Lipinski definition) is 2. The molecule has 0 radical (unpaired) electrons. The van der Waals surface area contributed by atoms with Crippen LogP contribution >= 0.6 is 11.6 Å². The van der Waals surface area contributed by atoms with Crippen LogP contribution in [0.15, 0.2) is 0 Å². The number of alkyl halides is 1. The fourth-order valence-corrected chi connectivity index (χ4v) is 2.31. The summed E-state index contributed by atoms with van der Waals surface area (Å²) in [6.45, 7) is 0.0993. The average molecular weight is 261 g/mol. The maximum atomic E-state index is 11.7. The van der Waals surface area contributed by atoms with Crippen molar-refractivity contribution in [2.75, 3.05) is 19.5 Å². The summed E-state index contributed by atoms with van der Waals surface area (Å²) in [6.07, 6.45) is 6.99. The molecular formula is C12H21ClN2O2. The number of hydrogen-bond donors (Lipinski definition) is 1. The first-order valence-corrected chi connectivity index (χ1v) is 6.76. The second-order valence-electron chi connectivity index (χ2n) is 4.64. The van der Waals surface area contributed by atoms with Crippen molar-refractivity contribution < 1.29 is 9.59 Å². The maximum absolute atomic E-state index is 11.7. The smallest absolute Gasteiger partial charge is 0.239 e. The van der Waals surface area contributed by atoms with Crippen molar-refractivity contribution in [3.8, 4) is 0 Å². The topological polar surface area (TPSA) is 49.4 Å². The third-order valence-electron chi connectivity index (χ3n) is 3.14. The third-order valence-corrected chi connectivity index (χ3v) is 3.37. The quantitative estimate of drug-likeness (QED) is 0.616. The van der Waals surface area contributed by atoms with Gasteiger partial charge in [0.25, 0.3) is 0 Å². The van der Waals surface area contributed by atoms with Gasteiger partial charge in [-0.15, -0.1) is 11.6 Å². The molecule has 1 fully saturated rings. The Morgan fingerprint density at radius 3 is 2.35 bits per heavy atom. The SMILES string of the molecule is CN(CC(=O)NC1CCCCCC1)C(=O)CCl. The van der Waals surface area contributed by atoms with Crippen LogP contribution in [0.25, 0.3) is 0 Å². The van der Waals surface area contributed by atoms with Crippen molar-refractivity contribution in [1.82, 2.24) is 10.2 Å². The number of rotatable bonds is 4. The highest BCUT2D eigenvalue weighted by atomic mass is 35.5. The van der Waals surface area contributed by atoms with Crippen molar-refractivity contribution in [2.45, 2.75) is 44.6 Å². The second-order valence-corrected chi connectivity index (χ2v) is 4.91. The number of likely N-dealkylation sites (N-methyl/N-ethyl adjacent to an activating group) is 1. The maximum Gasteiger partial charge on any atom is 0.239 e. The van der Waals surface area contributed by atoms with Gasteiger partial charge in [0.2, 0.25) is 11.8 Å². The van der Waals surface area contributed by atoms with Crippen molar-refractivity contribution in [3.63, 3.8) is 0 Å². The molecular weight excluding hydrogens is 240 g/mol. The first-order chi connectivity index (χ1) is 8.13. The van der Waals surface area contributed by atoms with Gasteiger partial charge in [0, 0.05) is 13.1 Å². The molecule has 98 valence electrons. The Bertz CT molecular complexity index is 263. The van der Waals surface area contributed by atoms with E-state index in [0.29, 0.717) is 0 Å². The zero-order valence-electron chi connectivity index (χ0n) is 10.4. The number of halogens is 1. The highest BCUT2D eigenvalue weighted by Crippen LogP contribution is 2.17. The molecule has 1 rings (SSSR count). The lowest BCUT2D eigenvalue weighted by Gasteiger charge is -2.19. The molecule has 0 aromatic heterocycles. The van der Waals surface area contributed by atoms with Gasteiger partial charge in [-0.05, 0) is 12.8 Å². The molecule has 4 nitrogen and oxygen atoms in total. The summed E-state index contributed by atoms with van der Waals surface area (Å²) in [6, 6.07) is 0.282. The second kappa shape index (κ2) is 7.54. The van der Waals surface area contributed by atoms with Crippen LogP contribution < -0.4 is 5.32 Å². The summed E-state index contributed by atoms with van der Waals surface area (Å²) in [4.78, 5) is 24.3. The van der Waals surface area contributed by atoms with Gasteiger partial charge >= 0.3 is 0 Å². The number of carbonyl (C=O) groups is 2. The minimum atomic E-state index is -0.220. The predicted octanol–water partition coefficient (Wildman–Crippen LogP) is 1.52. The van der Waals surface area contributed by atoms with Gasteiger partial charge in [-0.1, -0.05) is 25.7 Å². The van der Waals surface area contributed by atoms with E-state index >= 15 is 0 Å². The molecule has 5 heteroatoms. The van der Waals surface area contributed by atoms with E-state index in [4.69, 9.17) is 11.6 Å². The van der Waals surface area contributed by atoms with E-state index in [2.05, 4.69) is 5.32 Å². The average Bonchev–Trinajstić information content (AvgIpc) is 2.56. The van der Waals surface area contributed by atoms with Gasteiger partial charge in [-0.3, -0.25) is 9.59 Å². The Hall–Kier alpha value is -0.770. The van der Waals surface area contributed by atoms with E-state index in [1.807, 2.05) is 0 Å². The molecule has 2 amide bonds. The first-order valence-electron chi connectivity index (χ1n) is 6.22. The molecule has 1 aliphatic carbocycles. The Labute approximate surface area is 108 Å². The monoisotopic (exact) mass is 260 g/mol. The van der Waals surface area contributed by atoms with Crippen molar-refractivity contribution in [1.29, 1.82) is 0 Å². The van der Waals surface area contributed by atoms with Crippen molar-refractivity contribution in [2.24, 2.45) is 0 Å². The lowest BCUT2D eigenvalue weighted by atomic mass is 10.1. The number of nitrogens with zero attached hydrogens (tertiary/aromatic N) is 1. The lowest BCUT2D eigenvalue weighted by molar-refractivity contribution is -0.133. The molecule has 0 spiro atoms. The van der Waals surface area contributed by atoms with Crippen LogP contribution in [0, 0.1) is 0 Å². The van der Waals surface area contributed by atoms with Gasteiger partial charge in [0.1, 0.15) is 5.88 Å². The molecule has 1 N–H and O–H groups in total. The minimum Gasteiger partial charge on any atom is -0.352 e. The molecule has 1 saturated carbocycles. The van der Waals surface area contributed by atoms with Gasteiger partial charge in [0.05, 0.1) is 6.54 Å². The molecule has 0 aliphatic heterocycles. The third kappa shape index (κ3) is 5.39. The summed E-state index contributed by atoms with van der Waals surface area (Å²) >= 11 is 5.42. The van der Waals surface area contributed by atoms with E-state index in [9.17, 15) is 9.59 Å². The molecule has 0 saturated heterocycles. The summed E-state index contributed by atoms with van der Waals surface area (Å²) in [7, 11) is 1.59. The van der Waals surface area contributed by atoms with Crippen LogP contribution in [0.5, 0.6) is 0 Å². The summed E-state index contributed by atoms with van der Waals surface area (Å²) in [5, 5.41) is 2.99. The number of nitrogens with one attached hydrogen (secondary N) is 1. The Morgan fingerprint density at radius 1 is 1.24 bits per heavy atom. The standard InChI is InChI=1S/C12H21ClN2O2/c1-15(12(17)8-13)9-11(16)14-10-6-4-2-3-5-7-10/h10H,2-9H2,1H3,(H,14,16). The predicted molar refractivity (Wildman–Crippen MR) is 68.0 cm³/mol. The van der Waals surface area contributed by atoms with E-state index in [-0.39, 0.29) is 30.3 Å². The van der Waals surface area contributed by atoms with Crippen molar-refractivity contribution in [3.05, 3.63) is 0 Å². The highest BCUT2D eigenvalue weighted by Gasteiger charge is 2.17. The summed E-state index contributed by atoms with van der Waals surface area (Å²) in [5.41, 5.74) is 0. The van der Waals surface area contributed by atoms with Crippen LogP contribution in [0.2, 0.25) is 0 Å². The van der Waals surface area contributed by atoms with Crippen LogP contribution in [0.4, 0.5) is 0 Å². The lowest BCUT2D eigenvalue weighted by Crippen LogP contribution is -2.42. The molecule has 0 bridgehead atoms. The molecule has 17 heavy (non-hydrogen) atoms. The van der Waals surface area contributed by atoms with Gasteiger partial charge in [-0.2, -0.15) is 0 Å². The van der Waals surface area contributed by atoms with Crippen LogP contribution in [0.1, 0.15) is 38.5 Å². The van der Waals surface area contributed by atoms with Crippen LogP contribution in [0.3, 0.4) is 0 Å². The molecule has 0 aromatic rings. The zero-order chi connectivity index (χ0) is 12.7. The fraction of sp³-hybridized carbons (Fsp3) is 0.833.